The third-order valence-corrected chi connectivity index (χ3v) is 4.68. The van der Waals surface area contributed by atoms with Gasteiger partial charge in [0.15, 0.2) is 0 Å². The van der Waals surface area contributed by atoms with E-state index in [1.807, 2.05) is 0 Å². The second kappa shape index (κ2) is 6.74. The minimum absolute atomic E-state index is 0.0643. The lowest BCUT2D eigenvalue weighted by Crippen LogP contribution is -2.55. The Hall–Kier alpha value is -0.570. The molecule has 0 bridgehead atoms. The van der Waals surface area contributed by atoms with Gasteiger partial charge >= 0.3 is 0 Å². The summed E-state index contributed by atoms with van der Waals surface area (Å²) in [7, 11) is 0. The van der Waals surface area contributed by atoms with E-state index in [9.17, 15) is 4.79 Å². The molecule has 0 radical (unpaired) electrons. The van der Waals surface area contributed by atoms with Crippen LogP contribution in [0.2, 0.25) is 0 Å². The lowest BCUT2D eigenvalue weighted by molar-refractivity contribution is -0.139. The minimum Gasteiger partial charge on any atom is -0.338 e. The molecule has 2 fully saturated rings. The van der Waals surface area contributed by atoms with Gasteiger partial charge in [0.1, 0.15) is 0 Å². The van der Waals surface area contributed by atoms with E-state index >= 15 is 0 Å². The summed E-state index contributed by atoms with van der Waals surface area (Å²) in [5.74, 6) is 1.20. The predicted octanol–water partition coefficient (Wildman–Crippen LogP) is 2.94. The molecule has 110 valence electrons. The summed E-state index contributed by atoms with van der Waals surface area (Å²) < 4.78 is 0. The maximum atomic E-state index is 12.6. The summed E-state index contributed by atoms with van der Waals surface area (Å²) in [6.07, 6.45) is 8.51. The molecule has 2 rings (SSSR count). The molecule has 1 N–H and O–H groups in total. The van der Waals surface area contributed by atoms with Crippen LogP contribution in [0.1, 0.15) is 65.7 Å². The molecule has 1 saturated heterocycles. The van der Waals surface area contributed by atoms with Crippen LogP contribution in [0.3, 0.4) is 0 Å². The highest BCUT2D eigenvalue weighted by atomic mass is 16.2. The average Bonchev–Trinajstić information content (AvgIpc) is 2.56. The summed E-state index contributed by atoms with van der Waals surface area (Å²) in [5, 5.41) is 3.43. The van der Waals surface area contributed by atoms with Crippen LogP contribution in [-0.2, 0) is 4.79 Å². The van der Waals surface area contributed by atoms with E-state index in [2.05, 4.69) is 31.0 Å². The van der Waals surface area contributed by atoms with Crippen molar-refractivity contribution in [1.29, 1.82) is 0 Å². The maximum absolute atomic E-state index is 12.6. The molecular weight excluding hydrogens is 236 g/mol. The van der Waals surface area contributed by atoms with Crippen LogP contribution < -0.4 is 5.32 Å². The molecule has 0 spiro atoms. The fourth-order valence-electron chi connectivity index (χ4n) is 3.60. The Labute approximate surface area is 118 Å². The van der Waals surface area contributed by atoms with E-state index in [1.165, 1.54) is 32.1 Å². The van der Waals surface area contributed by atoms with Gasteiger partial charge in [-0.1, -0.05) is 33.6 Å². The highest BCUT2D eigenvalue weighted by molar-refractivity contribution is 5.83. The van der Waals surface area contributed by atoms with Gasteiger partial charge in [0.2, 0.25) is 5.91 Å². The first-order valence-electron chi connectivity index (χ1n) is 8.14. The second-order valence-electron chi connectivity index (χ2n) is 6.82. The van der Waals surface area contributed by atoms with Crippen LogP contribution in [-0.4, -0.2) is 35.5 Å². The first kappa shape index (κ1) is 14.8. The Kier molecular flexibility index (Phi) is 5.26. The zero-order chi connectivity index (χ0) is 13.8. The Morgan fingerprint density at radius 2 is 1.89 bits per heavy atom. The van der Waals surface area contributed by atoms with E-state index in [0.717, 1.165) is 25.3 Å². The molecule has 3 unspecified atom stereocenters. The molecule has 1 aliphatic heterocycles. The summed E-state index contributed by atoms with van der Waals surface area (Å²) in [6.45, 7) is 7.58. The number of hydrogen-bond acceptors (Lipinski definition) is 2. The standard InChI is InChI=1S/C16H30N2O/c1-12(2)17-15-8-5-11-18(16(15)19)14-7-4-6-13(3)9-10-14/h12-15,17H,4-11H2,1-3H3. The SMILES string of the molecule is CC1CCCC(N2CCCC(NC(C)C)C2=O)CC1. The fraction of sp³-hybridized carbons (Fsp3) is 0.938. The topological polar surface area (TPSA) is 32.3 Å². The largest absolute Gasteiger partial charge is 0.338 e. The molecule has 1 amide bonds. The number of rotatable bonds is 3. The molecule has 0 aromatic carbocycles. The third kappa shape index (κ3) is 3.95. The number of carbonyl (C=O) groups is 1. The van der Waals surface area contributed by atoms with E-state index in [-0.39, 0.29) is 6.04 Å². The van der Waals surface area contributed by atoms with Gasteiger partial charge in [-0.05, 0) is 38.0 Å². The van der Waals surface area contributed by atoms with Crippen LogP contribution in [0.15, 0.2) is 0 Å². The quantitative estimate of drug-likeness (QED) is 0.797. The molecule has 1 heterocycles. The highest BCUT2D eigenvalue weighted by Crippen LogP contribution is 2.28. The van der Waals surface area contributed by atoms with Crippen LogP contribution in [0.25, 0.3) is 0 Å². The van der Waals surface area contributed by atoms with Crippen molar-refractivity contribution < 1.29 is 4.79 Å². The van der Waals surface area contributed by atoms with E-state index in [4.69, 9.17) is 0 Å². The molecule has 3 nitrogen and oxygen atoms in total. The molecule has 19 heavy (non-hydrogen) atoms. The lowest BCUT2D eigenvalue weighted by Gasteiger charge is -2.38. The summed E-state index contributed by atoms with van der Waals surface area (Å²) in [5.41, 5.74) is 0. The van der Waals surface area contributed by atoms with Crippen molar-refractivity contribution in [2.45, 2.75) is 83.8 Å². The van der Waals surface area contributed by atoms with Gasteiger partial charge in [-0.25, -0.2) is 0 Å². The third-order valence-electron chi connectivity index (χ3n) is 4.68. The number of hydrogen-bond donors (Lipinski definition) is 1. The predicted molar refractivity (Wildman–Crippen MR) is 79.0 cm³/mol. The van der Waals surface area contributed by atoms with Crippen LogP contribution >= 0.6 is 0 Å². The number of nitrogens with zero attached hydrogens (tertiary/aromatic N) is 1. The molecule has 3 heteroatoms. The van der Waals surface area contributed by atoms with Crippen molar-refractivity contribution in [3.05, 3.63) is 0 Å². The zero-order valence-corrected chi connectivity index (χ0v) is 12.8. The maximum Gasteiger partial charge on any atom is 0.239 e. The van der Waals surface area contributed by atoms with E-state index in [0.29, 0.717) is 18.0 Å². The van der Waals surface area contributed by atoms with E-state index in [1.54, 1.807) is 0 Å². The van der Waals surface area contributed by atoms with Gasteiger partial charge in [-0.3, -0.25) is 4.79 Å². The number of piperidine rings is 1. The van der Waals surface area contributed by atoms with Crippen molar-refractivity contribution in [1.82, 2.24) is 10.2 Å². The first-order valence-corrected chi connectivity index (χ1v) is 8.14. The van der Waals surface area contributed by atoms with Gasteiger partial charge < -0.3 is 10.2 Å². The first-order chi connectivity index (χ1) is 9.08. The molecule has 2 aliphatic rings. The van der Waals surface area contributed by atoms with Crippen molar-refractivity contribution >= 4 is 5.91 Å². The van der Waals surface area contributed by atoms with Gasteiger partial charge in [-0.2, -0.15) is 0 Å². The Balaban J connectivity index is 1.96. The Morgan fingerprint density at radius 3 is 2.63 bits per heavy atom. The zero-order valence-electron chi connectivity index (χ0n) is 12.8. The molecule has 3 atom stereocenters. The smallest absolute Gasteiger partial charge is 0.239 e. The van der Waals surface area contributed by atoms with Crippen LogP contribution in [0.5, 0.6) is 0 Å². The average molecular weight is 266 g/mol. The number of amides is 1. The Bertz CT molecular complexity index is 303. The van der Waals surface area contributed by atoms with Crippen molar-refractivity contribution in [2.75, 3.05) is 6.54 Å². The summed E-state index contributed by atoms with van der Waals surface area (Å²) >= 11 is 0. The monoisotopic (exact) mass is 266 g/mol. The van der Waals surface area contributed by atoms with E-state index < -0.39 is 0 Å². The summed E-state index contributed by atoms with van der Waals surface area (Å²) in [6, 6.07) is 0.965. The van der Waals surface area contributed by atoms with Crippen molar-refractivity contribution in [3.8, 4) is 0 Å². The Morgan fingerprint density at radius 1 is 1.11 bits per heavy atom. The lowest BCUT2D eigenvalue weighted by atomic mass is 9.98. The number of carbonyl (C=O) groups excluding carboxylic acids is 1. The molecule has 1 saturated carbocycles. The molecular formula is C16H30N2O. The van der Waals surface area contributed by atoms with Gasteiger partial charge in [0.25, 0.3) is 0 Å². The van der Waals surface area contributed by atoms with Gasteiger partial charge in [0.05, 0.1) is 6.04 Å². The summed E-state index contributed by atoms with van der Waals surface area (Å²) in [4.78, 5) is 14.8. The van der Waals surface area contributed by atoms with Crippen molar-refractivity contribution in [2.24, 2.45) is 5.92 Å². The van der Waals surface area contributed by atoms with Crippen molar-refractivity contribution in [3.63, 3.8) is 0 Å². The second-order valence-corrected chi connectivity index (χ2v) is 6.82. The molecule has 1 aliphatic carbocycles. The van der Waals surface area contributed by atoms with Gasteiger partial charge in [-0.15, -0.1) is 0 Å². The molecule has 0 aromatic heterocycles. The number of likely N-dealkylation sites (tertiary alicyclic amines) is 1. The number of nitrogens with one attached hydrogen (secondary N) is 1. The molecule has 0 aromatic rings. The van der Waals surface area contributed by atoms with Crippen LogP contribution in [0.4, 0.5) is 0 Å². The highest BCUT2D eigenvalue weighted by Gasteiger charge is 2.33. The van der Waals surface area contributed by atoms with Gasteiger partial charge in [0, 0.05) is 18.6 Å². The van der Waals surface area contributed by atoms with Crippen LogP contribution in [0, 0.1) is 5.92 Å². The normalized spacial score (nSPS) is 33.6. The minimum atomic E-state index is 0.0643. The fourth-order valence-corrected chi connectivity index (χ4v) is 3.60.